The lowest BCUT2D eigenvalue weighted by Crippen LogP contribution is -2.55. The van der Waals surface area contributed by atoms with Crippen LogP contribution in [0.1, 0.15) is 31.2 Å². The van der Waals surface area contributed by atoms with E-state index in [-0.39, 0.29) is 29.7 Å². The van der Waals surface area contributed by atoms with Crippen molar-refractivity contribution in [3.63, 3.8) is 0 Å². The second-order valence-electron chi connectivity index (χ2n) is 9.07. The Morgan fingerprint density at radius 2 is 1.72 bits per heavy atom. The summed E-state index contributed by atoms with van der Waals surface area (Å²) in [7, 11) is -4.01. The molecule has 1 aliphatic rings. The van der Waals surface area contributed by atoms with Crippen molar-refractivity contribution in [2.45, 2.75) is 55.1 Å². The van der Waals surface area contributed by atoms with Crippen molar-refractivity contribution in [2.24, 2.45) is 16.5 Å². The molecule has 0 radical (unpaired) electrons. The summed E-state index contributed by atoms with van der Waals surface area (Å²) in [5.74, 6) is -1.01. The minimum Gasteiger partial charge on any atom is -0.370 e. The molecular weight excluding hydrogens is 544 g/mol. The first-order valence-electron chi connectivity index (χ1n) is 12.4. The molecule has 0 unspecified atom stereocenters. The number of nitrogens with zero attached hydrogens (tertiary/aromatic N) is 2. The van der Waals surface area contributed by atoms with Crippen LogP contribution in [0.15, 0.2) is 70.6 Å². The van der Waals surface area contributed by atoms with Crippen LogP contribution in [0.25, 0.3) is 0 Å². The van der Waals surface area contributed by atoms with Crippen LogP contribution in [0.3, 0.4) is 0 Å². The molecule has 1 heterocycles. The summed E-state index contributed by atoms with van der Waals surface area (Å²) in [6.45, 7) is 0.616. The van der Waals surface area contributed by atoms with Gasteiger partial charge in [0.25, 0.3) is 0 Å². The molecule has 11 nitrogen and oxygen atoms in total. The molecule has 2 amide bonds. The molecule has 3 atom stereocenters. The molecule has 39 heavy (non-hydrogen) atoms. The smallest absolute Gasteiger partial charge is 0.243 e. The van der Waals surface area contributed by atoms with Crippen molar-refractivity contribution in [2.75, 3.05) is 13.1 Å². The number of amides is 2. The molecule has 0 aromatic heterocycles. The topological polar surface area (TPSA) is 177 Å². The Balaban J connectivity index is 0.00000533. The SMILES string of the molecule is Cl.NC(N)=NCCC[C@@H](C=O)NC(=O)[C@@H]1CCCN1C(=O)[C@@H](Cc1ccccc1)NS(=O)(=O)c1ccccc1. The number of hydrogen-bond donors (Lipinski definition) is 4. The van der Waals surface area contributed by atoms with Crippen molar-refractivity contribution in [1.29, 1.82) is 0 Å². The molecule has 0 spiro atoms. The normalized spacial score (nSPS) is 16.4. The first kappa shape index (κ1) is 31.7. The number of nitrogens with one attached hydrogen (secondary N) is 2. The van der Waals surface area contributed by atoms with Crippen LogP contribution < -0.4 is 21.5 Å². The zero-order valence-corrected chi connectivity index (χ0v) is 23.1. The number of nitrogens with two attached hydrogens (primary N) is 2. The number of guanidine groups is 1. The zero-order chi connectivity index (χ0) is 27.5. The average molecular weight is 579 g/mol. The number of aliphatic imine (C=N–C) groups is 1. The standard InChI is InChI=1S/C26H34N6O5S.ClH/c27-26(28)29-15-7-11-20(18-33)30-24(34)23-14-8-16-32(23)25(35)22(17-19-9-3-1-4-10-19)31-38(36,37)21-12-5-2-6-13-21;/h1-6,9-10,12-13,18,20,22-23,31H,7-8,11,14-17H2,(H,30,34)(H4,27,28,29);1H/t20-,22+,23-;/m0./s1. The van der Waals surface area contributed by atoms with Gasteiger partial charge in [-0.05, 0) is 49.8 Å². The van der Waals surface area contributed by atoms with Crippen LogP contribution >= 0.6 is 12.4 Å². The van der Waals surface area contributed by atoms with Crippen LogP contribution in [0.4, 0.5) is 0 Å². The molecule has 2 aromatic carbocycles. The predicted molar refractivity (Wildman–Crippen MR) is 151 cm³/mol. The Morgan fingerprint density at radius 3 is 2.33 bits per heavy atom. The molecule has 0 aliphatic carbocycles. The first-order chi connectivity index (χ1) is 18.2. The number of hydrogen-bond acceptors (Lipinski definition) is 6. The number of rotatable bonds is 13. The highest BCUT2D eigenvalue weighted by atomic mass is 35.5. The van der Waals surface area contributed by atoms with E-state index in [0.717, 1.165) is 5.56 Å². The van der Waals surface area contributed by atoms with Gasteiger partial charge in [0.2, 0.25) is 21.8 Å². The van der Waals surface area contributed by atoms with Crippen molar-refractivity contribution < 1.29 is 22.8 Å². The van der Waals surface area contributed by atoms with Crippen LogP contribution in [0, 0.1) is 0 Å². The quantitative estimate of drug-likeness (QED) is 0.117. The lowest BCUT2D eigenvalue weighted by molar-refractivity contribution is -0.140. The number of halogens is 1. The summed E-state index contributed by atoms with van der Waals surface area (Å²) in [4.78, 5) is 43.6. The fourth-order valence-corrected chi connectivity index (χ4v) is 5.57. The Labute approximate surface area is 234 Å². The second kappa shape index (κ2) is 15.2. The van der Waals surface area contributed by atoms with Crippen LogP contribution in [-0.4, -0.2) is 68.6 Å². The fourth-order valence-electron chi connectivity index (χ4n) is 4.36. The van der Waals surface area contributed by atoms with Crippen LogP contribution in [0.2, 0.25) is 0 Å². The molecule has 1 saturated heterocycles. The fraction of sp³-hybridized carbons (Fsp3) is 0.385. The minimum absolute atomic E-state index is 0. The van der Waals surface area contributed by atoms with E-state index in [4.69, 9.17) is 11.5 Å². The maximum atomic E-state index is 13.7. The van der Waals surface area contributed by atoms with E-state index in [9.17, 15) is 22.8 Å². The number of sulfonamides is 1. The highest BCUT2D eigenvalue weighted by molar-refractivity contribution is 7.89. The third-order valence-corrected chi connectivity index (χ3v) is 7.72. The van der Waals surface area contributed by atoms with Gasteiger partial charge in [-0.1, -0.05) is 48.5 Å². The molecule has 1 aliphatic heterocycles. The third-order valence-electron chi connectivity index (χ3n) is 6.23. The molecular formula is C26H35ClN6O5S. The molecule has 1 fully saturated rings. The Hall–Kier alpha value is -3.48. The van der Waals surface area contributed by atoms with Crippen LogP contribution in [-0.2, 0) is 30.8 Å². The Kier molecular flexibility index (Phi) is 12.4. The molecule has 13 heteroatoms. The second-order valence-corrected chi connectivity index (χ2v) is 10.8. The Morgan fingerprint density at radius 1 is 1.08 bits per heavy atom. The van der Waals surface area contributed by atoms with Gasteiger partial charge in [0.1, 0.15) is 18.4 Å². The van der Waals surface area contributed by atoms with Gasteiger partial charge in [-0.2, -0.15) is 4.72 Å². The van der Waals surface area contributed by atoms with Crippen molar-refractivity contribution >= 4 is 46.5 Å². The lowest BCUT2D eigenvalue weighted by atomic mass is 10.0. The molecule has 3 rings (SSSR count). The molecule has 0 saturated carbocycles. The summed E-state index contributed by atoms with van der Waals surface area (Å²) in [6, 6.07) is 14.2. The number of likely N-dealkylation sites (tertiary alicyclic amines) is 1. The maximum absolute atomic E-state index is 13.7. The summed E-state index contributed by atoms with van der Waals surface area (Å²) < 4.78 is 28.7. The van der Waals surface area contributed by atoms with E-state index < -0.39 is 40.0 Å². The van der Waals surface area contributed by atoms with Crippen molar-refractivity contribution in [3.05, 3.63) is 66.2 Å². The first-order valence-corrected chi connectivity index (χ1v) is 13.9. The van der Waals surface area contributed by atoms with E-state index in [1.807, 2.05) is 18.2 Å². The highest BCUT2D eigenvalue weighted by Gasteiger charge is 2.39. The van der Waals surface area contributed by atoms with E-state index in [2.05, 4.69) is 15.0 Å². The van der Waals surface area contributed by atoms with E-state index in [1.54, 1.807) is 30.3 Å². The summed E-state index contributed by atoms with van der Waals surface area (Å²) in [5.41, 5.74) is 11.4. The minimum atomic E-state index is -4.01. The highest BCUT2D eigenvalue weighted by Crippen LogP contribution is 2.21. The summed E-state index contributed by atoms with van der Waals surface area (Å²) in [5, 5.41) is 2.69. The maximum Gasteiger partial charge on any atom is 0.243 e. The van der Waals surface area contributed by atoms with Gasteiger partial charge in [0.15, 0.2) is 5.96 Å². The van der Waals surface area contributed by atoms with E-state index >= 15 is 0 Å². The van der Waals surface area contributed by atoms with Gasteiger partial charge in [-0.3, -0.25) is 14.6 Å². The summed E-state index contributed by atoms with van der Waals surface area (Å²) >= 11 is 0. The third kappa shape index (κ3) is 9.34. The van der Waals surface area contributed by atoms with Gasteiger partial charge in [0.05, 0.1) is 10.9 Å². The van der Waals surface area contributed by atoms with Gasteiger partial charge >= 0.3 is 0 Å². The predicted octanol–water partition coefficient (Wildman–Crippen LogP) is 0.726. The largest absolute Gasteiger partial charge is 0.370 e. The average Bonchev–Trinajstić information content (AvgIpc) is 3.40. The van der Waals surface area contributed by atoms with Gasteiger partial charge in [-0.15, -0.1) is 12.4 Å². The van der Waals surface area contributed by atoms with Gasteiger partial charge < -0.3 is 26.5 Å². The van der Waals surface area contributed by atoms with Crippen molar-refractivity contribution in [3.8, 4) is 0 Å². The lowest BCUT2D eigenvalue weighted by Gasteiger charge is -2.29. The van der Waals surface area contributed by atoms with E-state index in [0.29, 0.717) is 45.1 Å². The van der Waals surface area contributed by atoms with E-state index in [1.165, 1.54) is 17.0 Å². The number of benzene rings is 2. The van der Waals surface area contributed by atoms with Crippen molar-refractivity contribution in [1.82, 2.24) is 14.9 Å². The summed E-state index contributed by atoms with van der Waals surface area (Å²) in [6.07, 6.45) is 2.54. The zero-order valence-electron chi connectivity index (χ0n) is 21.4. The molecule has 2 aromatic rings. The van der Waals surface area contributed by atoms with Gasteiger partial charge in [-0.25, -0.2) is 8.42 Å². The monoisotopic (exact) mass is 578 g/mol. The number of carbonyl (C=O) groups is 3. The Bertz CT molecular complexity index is 1230. The van der Waals surface area contributed by atoms with Crippen LogP contribution in [0.5, 0.6) is 0 Å². The molecule has 0 bridgehead atoms. The molecule has 6 N–H and O–H groups in total. The number of carbonyl (C=O) groups excluding carboxylic acids is 3. The molecule has 212 valence electrons. The van der Waals surface area contributed by atoms with Gasteiger partial charge in [0, 0.05) is 13.1 Å². The number of aldehydes is 1.